The quantitative estimate of drug-likeness (QED) is 0.796. The minimum absolute atomic E-state index is 0.0632. The molecular weight excluding hydrogens is 210 g/mol. The largest absolute Gasteiger partial charge is 0.488 e. The third-order valence-corrected chi connectivity index (χ3v) is 2.03. The molecule has 0 radical (unpaired) electrons. The number of methoxy groups -OCH3 is 1. The van der Waals surface area contributed by atoms with E-state index in [4.69, 9.17) is 14.6 Å². The van der Waals surface area contributed by atoms with Crippen LogP contribution in [0.2, 0.25) is 0 Å². The van der Waals surface area contributed by atoms with E-state index in [1.54, 1.807) is 19.2 Å². The maximum Gasteiger partial charge on any atom is 0.358 e. The Labute approximate surface area is 94.0 Å². The average Bonchev–Trinajstić information content (AvgIpc) is 2.27. The minimum atomic E-state index is -1.09. The first-order chi connectivity index (χ1) is 7.65. The van der Waals surface area contributed by atoms with Crippen LogP contribution in [0.4, 0.5) is 0 Å². The first-order valence-corrected chi connectivity index (χ1v) is 4.99. The SMILES string of the molecule is COCCC(C)Oc1cccnc1C(=O)O. The molecule has 0 aromatic carbocycles. The van der Waals surface area contributed by atoms with Crippen LogP contribution in [-0.4, -0.2) is 35.9 Å². The van der Waals surface area contributed by atoms with Crippen molar-refractivity contribution < 1.29 is 19.4 Å². The van der Waals surface area contributed by atoms with Crippen molar-refractivity contribution in [3.05, 3.63) is 24.0 Å². The lowest BCUT2D eigenvalue weighted by Crippen LogP contribution is -2.16. The molecule has 0 amide bonds. The maximum absolute atomic E-state index is 10.9. The number of hydrogen-bond acceptors (Lipinski definition) is 4. The van der Waals surface area contributed by atoms with Crippen molar-refractivity contribution in [3.8, 4) is 5.75 Å². The van der Waals surface area contributed by atoms with E-state index in [9.17, 15) is 4.79 Å². The summed E-state index contributed by atoms with van der Waals surface area (Å²) in [6.45, 7) is 2.43. The van der Waals surface area contributed by atoms with E-state index < -0.39 is 5.97 Å². The molecule has 0 spiro atoms. The van der Waals surface area contributed by atoms with Gasteiger partial charge in [0.05, 0.1) is 6.10 Å². The molecule has 88 valence electrons. The van der Waals surface area contributed by atoms with Crippen LogP contribution in [0.5, 0.6) is 5.75 Å². The summed E-state index contributed by atoms with van der Waals surface area (Å²) in [6, 6.07) is 3.24. The van der Waals surface area contributed by atoms with Crippen LogP contribution in [0.15, 0.2) is 18.3 Å². The number of carboxylic acid groups (broad SMARTS) is 1. The van der Waals surface area contributed by atoms with E-state index in [2.05, 4.69) is 4.98 Å². The van der Waals surface area contributed by atoms with E-state index in [1.165, 1.54) is 6.20 Å². The lowest BCUT2D eigenvalue weighted by molar-refractivity contribution is 0.0680. The molecule has 1 rings (SSSR count). The predicted octanol–water partition coefficient (Wildman–Crippen LogP) is 1.58. The molecule has 0 aliphatic heterocycles. The fourth-order valence-electron chi connectivity index (χ4n) is 1.21. The Kier molecular flexibility index (Phi) is 4.72. The van der Waals surface area contributed by atoms with Gasteiger partial charge < -0.3 is 14.6 Å². The highest BCUT2D eigenvalue weighted by Crippen LogP contribution is 2.17. The van der Waals surface area contributed by atoms with Crippen molar-refractivity contribution in [1.82, 2.24) is 4.98 Å². The number of carbonyl (C=O) groups is 1. The molecule has 5 nitrogen and oxygen atoms in total. The van der Waals surface area contributed by atoms with Gasteiger partial charge in [0, 0.05) is 26.3 Å². The Balaban J connectivity index is 2.69. The van der Waals surface area contributed by atoms with E-state index >= 15 is 0 Å². The van der Waals surface area contributed by atoms with Crippen molar-refractivity contribution in [2.75, 3.05) is 13.7 Å². The monoisotopic (exact) mass is 225 g/mol. The highest BCUT2D eigenvalue weighted by Gasteiger charge is 2.14. The number of carboxylic acids is 1. The number of hydrogen-bond donors (Lipinski definition) is 1. The summed E-state index contributed by atoms with van der Waals surface area (Å²) >= 11 is 0. The molecule has 1 aromatic heterocycles. The first kappa shape index (κ1) is 12.4. The zero-order chi connectivity index (χ0) is 12.0. The Hall–Kier alpha value is -1.62. The summed E-state index contributed by atoms with van der Waals surface area (Å²) in [6.07, 6.45) is 2.02. The lowest BCUT2D eigenvalue weighted by Gasteiger charge is -2.15. The summed E-state index contributed by atoms with van der Waals surface area (Å²) in [5.41, 5.74) is -0.0632. The Morgan fingerprint density at radius 2 is 2.38 bits per heavy atom. The van der Waals surface area contributed by atoms with Crippen molar-refractivity contribution in [3.63, 3.8) is 0 Å². The lowest BCUT2D eigenvalue weighted by atomic mass is 10.3. The van der Waals surface area contributed by atoms with Crippen molar-refractivity contribution in [2.24, 2.45) is 0 Å². The first-order valence-electron chi connectivity index (χ1n) is 4.99. The van der Waals surface area contributed by atoms with E-state index in [-0.39, 0.29) is 11.8 Å². The van der Waals surface area contributed by atoms with Gasteiger partial charge in [0.1, 0.15) is 0 Å². The molecule has 1 aromatic rings. The third kappa shape index (κ3) is 3.51. The fraction of sp³-hybridized carbons (Fsp3) is 0.455. The van der Waals surface area contributed by atoms with Gasteiger partial charge in [-0.25, -0.2) is 9.78 Å². The van der Waals surface area contributed by atoms with Gasteiger partial charge in [0.25, 0.3) is 0 Å². The standard InChI is InChI=1S/C11H15NO4/c1-8(5-7-15-2)16-9-4-3-6-12-10(9)11(13)14/h3-4,6,8H,5,7H2,1-2H3,(H,13,14). The molecule has 0 saturated heterocycles. The predicted molar refractivity (Wildman–Crippen MR) is 57.8 cm³/mol. The second-order valence-corrected chi connectivity index (χ2v) is 3.37. The topological polar surface area (TPSA) is 68.7 Å². The van der Waals surface area contributed by atoms with Crippen molar-refractivity contribution in [2.45, 2.75) is 19.4 Å². The zero-order valence-electron chi connectivity index (χ0n) is 9.34. The van der Waals surface area contributed by atoms with Crippen LogP contribution in [0.25, 0.3) is 0 Å². The molecule has 0 aliphatic rings. The fourth-order valence-corrected chi connectivity index (χ4v) is 1.21. The Morgan fingerprint density at radius 3 is 3.00 bits per heavy atom. The number of aromatic carboxylic acids is 1. The van der Waals surface area contributed by atoms with Crippen LogP contribution < -0.4 is 4.74 Å². The minimum Gasteiger partial charge on any atom is -0.488 e. The van der Waals surface area contributed by atoms with Gasteiger partial charge in [0.2, 0.25) is 0 Å². The Bertz CT molecular complexity index is 354. The molecule has 0 saturated carbocycles. The van der Waals surface area contributed by atoms with Crippen LogP contribution >= 0.6 is 0 Å². The Morgan fingerprint density at radius 1 is 1.62 bits per heavy atom. The van der Waals surface area contributed by atoms with Gasteiger partial charge in [-0.2, -0.15) is 0 Å². The zero-order valence-corrected chi connectivity index (χ0v) is 9.34. The van der Waals surface area contributed by atoms with E-state index in [1.807, 2.05) is 6.92 Å². The smallest absolute Gasteiger partial charge is 0.358 e. The van der Waals surface area contributed by atoms with Crippen molar-refractivity contribution in [1.29, 1.82) is 0 Å². The molecular formula is C11H15NO4. The summed E-state index contributed by atoms with van der Waals surface area (Å²) < 4.78 is 10.4. The van der Waals surface area contributed by atoms with Crippen molar-refractivity contribution >= 4 is 5.97 Å². The van der Waals surface area contributed by atoms with E-state index in [0.29, 0.717) is 18.8 Å². The summed E-state index contributed by atoms with van der Waals surface area (Å²) in [5, 5.41) is 8.89. The number of ether oxygens (including phenoxy) is 2. The van der Waals surface area contributed by atoms with Gasteiger partial charge in [-0.1, -0.05) is 0 Å². The summed E-state index contributed by atoms with van der Waals surface area (Å²) in [7, 11) is 1.61. The second-order valence-electron chi connectivity index (χ2n) is 3.37. The molecule has 1 atom stereocenters. The van der Waals surface area contributed by atoms with Gasteiger partial charge in [-0.05, 0) is 19.1 Å². The number of aromatic nitrogens is 1. The van der Waals surface area contributed by atoms with Gasteiger partial charge in [-0.15, -0.1) is 0 Å². The van der Waals surface area contributed by atoms with Crippen LogP contribution in [0, 0.1) is 0 Å². The number of nitrogens with zero attached hydrogens (tertiary/aromatic N) is 1. The number of rotatable bonds is 6. The molecule has 0 bridgehead atoms. The maximum atomic E-state index is 10.9. The van der Waals surface area contributed by atoms with Crippen LogP contribution in [0.3, 0.4) is 0 Å². The molecule has 0 fully saturated rings. The van der Waals surface area contributed by atoms with Crippen LogP contribution in [0.1, 0.15) is 23.8 Å². The third-order valence-electron chi connectivity index (χ3n) is 2.03. The molecule has 16 heavy (non-hydrogen) atoms. The van der Waals surface area contributed by atoms with Crippen LogP contribution in [-0.2, 0) is 4.74 Å². The van der Waals surface area contributed by atoms with Gasteiger partial charge in [-0.3, -0.25) is 0 Å². The molecule has 0 aliphatic carbocycles. The normalized spacial score (nSPS) is 12.1. The highest BCUT2D eigenvalue weighted by atomic mass is 16.5. The molecule has 5 heteroatoms. The second kappa shape index (κ2) is 6.07. The highest BCUT2D eigenvalue weighted by molar-refractivity contribution is 5.88. The number of pyridine rings is 1. The average molecular weight is 225 g/mol. The molecule has 1 N–H and O–H groups in total. The summed E-state index contributed by atoms with van der Waals surface area (Å²) in [4.78, 5) is 14.6. The van der Waals surface area contributed by atoms with Gasteiger partial charge >= 0.3 is 5.97 Å². The van der Waals surface area contributed by atoms with Gasteiger partial charge in [0.15, 0.2) is 11.4 Å². The summed E-state index contributed by atoms with van der Waals surface area (Å²) in [5.74, 6) is -0.798. The molecule has 1 unspecified atom stereocenters. The molecule has 1 heterocycles. The van der Waals surface area contributed by atoms with E-state index in [0.717, 1.165) is 0 Å².